The van der Waals surface area contributed by atoms with E-state index in [-0.39, 0.29) is 131 Å². The van der Waals surface area contributed by atoms with Crippen molar-refractivity contribution in [3.05, 3.63) is 202 Å². The molecule has 7 aromatic heterocycles. The van der Waals surface area contributed by atoms with Crippen molar-refractivity contribution in [3.8, 4) is 0 Å². The van der Waals surface area contributed by atoms with Crippen LogP contribution in [0.5, 0.6) is 0 Å². The summed E-state index contributed by atoms with van der Waals surface area (Å²) in [6.07, 6.45) is 20.4. The Bertz CT molecular complexity index is 4240. The number of nitrogen functional groups attached to an aromatic ring is 5. The number of esters is 10. The van der Waals surface area contributed by atoms with Crippen molar-refractivity contribution in [2.75, 3.05) is 111 Å². The van der Waals surface area contributed by atoms with Crippen molar-refractivity contribution in [1.82, 2.24) is 34.9 Å². The van der Waals surface area contributed by atoms with E-state index in [4.69, 9.17) is 81.7 Å². The highest BCUT2D eigenvalue weighted by molar-refractivity contribution is 9.10. The molecule has 0 aliphatic heterocycles. The molecule has 0 saturated carbocycles. The summed E-state index contributed by atoms with van der Waals surface area (Å²) in [5.41, 5.74) is 32.1. The SMILES string of the molecule is C.C.C=CC(=O)OCC.CCOC(=O)/C=C/c1ccc(C)nc1.CCOC(=O)/C=C/c1ccc(N)nc1.COC(=O)CC(CC(=O)OC)c1ccc(N)nc1.COC(=O)CC(c1ccc(C)nc1)C(C)C(=O)OC.COC(=O)CC(c1ccc(N)nc1)C(C)(C(=O)OC)C(=O)OC.Nc1ccc(Br)cn1.Nc1ccc(C(CCO)CCO)cn1.O=C=O.O=C=O. The largest absolute Gasteiger partial charge is 0.469 e. The molecule has 0 spiro atoms. The average molecular weight is 1810 g/mol. The molecule has 7 heterocycles. The Morgan fingerprint density at radius 2 is 0.768 bits per heavy atom. The van der Waals surface area contributed by atoms with E-state index in [2.05, 4.69) is 81.1 Å². The summed E-state index contributed by atoms with van der Waals surface area (Å²) in [7, 11) is 8.79. The quantitative estimate of drug-likeness (QED) is 0.00992. The van der Waals surface area contributed by atoms with Crippen LogP contribution in [0.4, 0.5) is 29.1 Å². The van der Waals surface area contributed by atoms with Crippen molar-refractivity contribution < 1.29 is 125 Å². The van der Waals surface area contributed by atoms with Gasteiger partial charge < -0.3 is 86.3 Å². The van der Waals surface area contributed by atoms with E-state index in [1.807, 2.05) is 50.2 Å². The third kappa shape index (κ3) is 53.5. The smallest absolute Gasteiger partial charge is 0.373 e. The zero-order valence-corrected chi connectivity index (χ0v) is 72.6. The van der Waals surface area contributed by atoms with Gasteiger partial charge in [-0.1, -0.05) is 58.7 Å². The minimum atomic E-state index is -1.74. The van der Waals surface area contributed by atoms with Crippen molar-refractivity contribution in [2.45, 2.75) is 126 Å². The van der Waals surface area contributed by atoms with Gasteiger partial charge in [0, 0.05) is 108 Å². The molecule has 0 aliphatic carbocycles. The molecule has 7 rings (SSSR count). The van der Waals surface area contributed by atoms with Crippen LogP contribution in [0.2, 0.25) is 0 Å². The number of aliphatic hydroxyl groups excluding tert-OH is 2. The Hall–Kier alpha value is -13.9. The standard InChI is InChI=1S/C15H20N2O6.C14H19NO4.C12H16N2O4.C11H13NO2.C10H16N2O2.C10H12N2O2.C5H5BrN2.C5H8O2.2CO2.2CH4/c1-15(13(19)22-3,14(20)23-4)10(7-12(18)21-2)9-5-6-11(16)17-8-9;1-9-5-6-11(8-15-9)12(7-13(16)18-3)10(2)14(17)19-4;1-17-11(15)5-9(6-12(16)18-2)8-3-4-10(13)14-7-8;1-3-14-11(13)7-6-10-5-4-9(2)12-8-10;11-10-2-1-9(7-12-10)8(3-5-13)4-6-14;1-2-14-10(13)6-4-8-3-5-9(11)12-7-8;6-4-1-2-5(7)8-3-4;1-3-5(6)7-4-2;2*2-1-3;;/h5-6,8,10H,7H2,1-4H3,(H2,16,17);5-6,8,10,12H,7H2,1-4H3;3-4,7,9H,5-6H2,1-2H3,(H2,13,14);4-8H,3H2,1-2H3;1-2,7-8,13-14H,3-6H2,(H2,11,12);3-7H,2H2,1H3,(H2,11,12);1-3H,(H2,7,8);3H,1,4H2,2H3;;;2*1H4/b;;;7-6+;;6-4+;;;;;;. The monoisotopic (exact) mass is 1810 g/mol. The lowest BCUT2D eigenvalue weighted by Gasteiger charge is -2.32. The van der Waals surface area contributed by atoms with Gasteiger partial charge >= 0.3 is 72.0 Å². The number of aryl methyl sites for hydroxylation is 2. The Kier molecular flexibility index (Phi) is 68.8. The van der Waals surface area contributed by atoms with Gasteiger partial charge in [-0.15, -0.1) is 0 Å². The van der Waals surface area contributed by atoms with Crippen LogP contribution in [-0.4, -0.2) is 200 Å². The number of anilines is 5. The second-order valence-corrected chi connectivity index (χ2v) is 25.3. The number of methoxy groups -OCH3 is 7. The molecule has 0 aliphatic rings. The first-order chi connectivity index (χ1) is 58.5. The van der Waals surface area contributed by atoms with Crippen molar-refractivity contribution in [3.63, 3.8) is 0 Å². The Morgan fingerprint density at radius 3 is 1.07 bits per heavy atom. The van der Waals surface area contributed by atoms with Crippen LogP contribution in [-0.2, 0) is 114 Å². The van der Waals surface area contributed by atoms with Crippen LogP contribution in [0, 0.1) is 25.2 Å². The zero-order valence-electron chi connectivity index (χ0n) is 71.0. The molecule has 0 aromatic carbocycles. The van der Waals surface area contributed by atoms with E-state index in [1.54, 1.807) is 119 Å². The summed E-state index contributed by atoms with van der Waals surface area (Å²) < 4.78 is 47.6. The summed E-state index contributed by atoms with van der Waals surface area (Å²) >= 11 is 3.23. The number of pyridine rings is 7. The van der Waals surface area contributed by atoms with Gasteiger partial charge in [-0.05, 0) is 176 Å². The molecule has 3 unspecified atom stereocenters. The van der Waals surface area contributed by atoms with Gasteiger partial charge in [0.05, 0.1) is 101 Å². The fourth-order valence-corrected chi connectivity index (χ4v) is 9.82. The van der Waals surface area contributed by atoms with Crippen LogP contribution >= 0.6 is 15.9 Å². The van der Waals surface area contributed by atoms with Gasteiger partial charge in [-0.25, -0.2) is 39.3 Å². The van der Waals surface area contributed by atoms with E-state index < -0.39 is 35.2 Å². The molecule has 3 atom stereocenters. The number of halogens is 1. The molecule has 684 valence electrons. The lowest BCUT2D eigenvalue weighted by molar-refractivity contribution is -0.193. The number of hydrogen-bond donors (Lipinski definition) is 7. The minimum Gasteiger partial charge on any atom is -0.469 e. The van der Waals surface area contributed by atoms with Crippen LogP contribution < -0.4 is 28.7 Å². The highest BCUT2D eigenvalue weighted by Crippen LogP contribution is 2.41. The lowest BCUT2D eigenvalue weighted by atomic mass is 9.72. The van der Waals surface area contributed by atoms with E-state index in [9.17, 15) is 47.9 Å². The average Bonchev–Trinajstić information content (AvgIpc) is 0.775. The Labute approximate surface area is 735 Å². The number of ether oxygens (including phenoxy) is 10. The molecule has 7 aromatic rings. The van der Waals surface area contributed by atoms with E-state index in [0.717, 1.165) is 64.0 Å². The molecule has 0 radical (unpaired) electrons. The molecular weight excluding hydrogens is 1700 g/mol. The molecule has 12 N–H and O–H groups in total. The molecule has 39 heteroatoms. The first kappa shape index (κ1) is 120. The van der Waals surface area contributed by atoms with Gasteiger partial charge in [0.25, 0.3) is 0 Å². The highest BCUT2D eigenvalue weighted by Gasteiger charge is 2.52. The summed E-state index contributed by atoms with van der Waals surface area (Å²) in [5.74, 6) is -4.40. The van der Waals surface area contributed by atoms with Crippen LogP contribution in [0.25, 0.3) is 12.2 Å². The first-order valence-electron chi connectivity index (χ1n) is 36.8. The van der Waals surface area contributed by atoms with E-state index in [0.29, 0.717) is 61.5 Å². The molecule has 0 fully saturated rings. The van der Waals surface area contributed by atoms with Crippen molar-refractivity contribution in [1.29, 1.82) is 0 Å². The number of rotatable bonds is 29. The fraction of sp³-hybridized carbons (Fsp3) is 0.384. The highest BCUT2D eigenvalue weighted by atomic mass is 79.9. The van der Waals surface area contributed by atoms with Gasteiger partial charge in [-0.3, -0.25) is 43.5 Å². The van der Waals surface area contributed by atoms with Crippen LogP contribution in [0.15, 0.2) is 158 Å². The second-order valence-electron chi connectivity index (χ2n) is 24.4. The van der Waals surface area contributed by atoms with Gasteiger partial charge in [0.1, 0.15) is 29.1 Å². The summed E-state index contributed by atoms with van der Waals surface area (Å²) in [5, 5.41) is 17.7. The van der Waals surface area contributed by atoms with Gasteiger partial charge in [-0.2, -0.15) is 19.2 Å². The maximum Gasteiger partial charge on any atom is 0.373 e. The number of carbonyl (C=O) groups is 10. The Balaban J connectivity index is -0.000000441. The van der Waals surface area contributed by atoms with Crippen LogP contribution in [0.1, 0.15) is 156 Å². The number of aromatic nitrogens is 7. The molecule has 0 bridgehead atoms. The normalized spacial score (nSPS) is 10.4. The molecule has 0 saturated heterocycles. The topological polar surface area (TPSA) is 592 Å². The van der Waals surface area contributed by atoms with E-state index >= 15 is 0 Å². The number of nitrogens with two attached hydrogens (primary N) is 5. The second kappa shape index (κ2) is 71.8. The van der Waals surface area contributed by atoms with Crippen molar-refractivity contribution >= 4 is 129 Å². The van der Waals surface area contributed by atoms with Crippen molar-refractivity contribution in [2.24, 2.45) is 11.3 Å². The number of carbonyl (C=O) groups excluding carboxylic acids is 14. The maximum atomic E-state index is 12.3. The molecule has 0 amide bonds. The number of hydrogen-bond acceptors (Lipinski definition) is 38. The van der Waals surface area contributed by atoms with Gasteiger partial charge in [0.2, 0.25) is 0 Å². The first-order valence-corrected chi connectivity index (χ1v) is 37.6. The third-order valence-corrected chi connectivity index (χ3v) is 16.5. The zero-order chi connectivity index (χ0) is 93.8. The minimum absolute atomic E-state index is 0. The fourth-order valence-electron chi connectivity index (χ4n) is 9.59. The number of aliphatic hydroxyl groups is 2. The molecule has 38 nitrogen and oxygen atoms in total. The molecule has 125 heavy (non-hydrogen) atoms. The maximum absolute atomic E-state index is 12.3. The summed E-state index contributed by atoms with van der Waals surface area (Å²) in [6, 6.07) is 24.6. The predicted molar refractivity (Wildman–Crippen MR) is 465 cm³/mol. The van der Waals surface area contributed by atoms with Gasteiger partial charge in [0.15, 0.2) is 5.41 Å². The summed E-state index contributed by atoms with van der Waals surface area (Å²) in [6.45, 7) is 16.8. The molecular formula is C86H117BrN12O26. The lowest BCUT2D eigenvalue weighted by Crippen LogP contribution is -2.44. The number of nitrogens with zero attached hydrogens (tertiary/aromatic N) is 7. The predicted octanol–water partition coefficient (Wildman–Crippen LogP) is 9.37. The third-order valence-electron chi connectivity index (χ3n) is 16.0. The summed E-state index contributed by atoms with van der Waals surface area (Å²) in [4.78, 5) is 174. The Morgan fingerprint density at radius 1 is 0.440 bits per heavy atom. The van der Waals surface area contributed by atoms with Crippen LogP contribution in [0.3, 0.4) is 0 Å². The van der Waals surface area contributed by atoms with E-state index in [1.165, 1.54) is 66.9 Å².